The number of nitrogens with zero attached hydrogens (tertiary/aromatic N) is 2. The predicted octanol–water partition coefficient (Wildman–Crippen LogP) is 2.38. The summed E-state index contributed by atoms with van der Waals surface area (Å²) in [6, 6.07) is 2.18. The minimum atomic E-state index is 0.217. The van der Waals surface area contributed by atoms with Gasteiger partial charge in [0.15, 0.2) is 0 Å². The molecule has 1 aliphatic carbocycles. The van der Waals surface area contributed by atoms with Crippen molar-refractivity contribution in [3.8, 4) is 6.01 Å². The van der Waals surface area contributed by atoms with E-state index >= 15 is 0 Å². The third-order valence-electron chi connectivity index (χ3n) is 3.25. The molecule has 2 atom stereocenters. The average Bonchev–Trinajstić information content (AvgIpc) is 2.28. The second-order valence-corrected chi connectivity index (χ2v) is 5.49. The van der Waals surface area contributed by atoms with E-state index in [1.165, 1.54) is 12.8 Å². The molecule has 0 spiro atoms. The number of nitrogens with two attached hydrogens (primary N) is 1. The van der Waals surface area contributed by atoms with Crippen LogP contribution in [0.2, 0.25) is 0 Å². The first-order chi connectivity index (χ1) is 8.54. The van der Waals surface area contributed by atoms with Crippen LogP contribution in [0.4, 0.5) is 0 Å². The van der Waals surface area contributed by atoms with Gasteiger partial charge in [-0.05, 0) is 38.2 Å². The van der Waals surface area contributed by atoms with Crippen molar-refractivity contribution in [1.82, 2.24) is 9.97 Å². The molecule has 1 heterocycles. The highest BCUT2D eigenvalue weighted by molar-refractivity contribution is 7.80. The topological polar surface area (TPSA) is 61.0 Å². The van der Waals surface area contributed by atoms with Crippen LogP contribution in [0.1, 0.15) is 44.0 Å². The Kier molecular flexibility index (Phi) is 4.11. The van der Waals surface area contributed by atoms with Crippen LogP contribution in [0.15, 0.2) is 6.07 Å². The zero-order chi connectivity index (χ0) is 13.1. The fraction of sp³-hybridized carbons (Fsp3) is 0.615. The van der Waals surface area contributed by atoms with Gasteiger partial charge in [-0.2, -0.15) is 4.98 Å². The van der Waals surface area contributed by atoms with Crippen molar-refractivity contribution in [1.29, 1.82) is 0 Å². The summed E-state index contributed by atoms with van der Waals surface area (Å²) in [6.45, 7) is 4.15. The normalized spacial score (nSPS) is 23.7. The molecule has 2 rings (SSSR count). The van der Waals surface area contributed by atoms with Crippen LogP contribution in [0.5, 0.6) is 6.01 Å². The Morgan fingerprint density at radius 1 is 1.44 bits per heavy atom. The van der Waals surface area contributed by atoms with E-state index in [0.717, 1.165) is 18.5 Å². The highest BCUT2D eigenvalue weighted by Crippen LogP contribution is 2.26. The molecule has 0 saturated heterocycles. The maximum absolute atomic E-state index is 5.86. The Morgan fingerprint density at radius 3 is 2.89 bits per heavy atom. The van der Waals surface area contributed by atoms with E-state index in [4.69, 9.17) is 22.7 Å². The van der Waals surface area contributed by atoms with Crippen LogP contribution < -0.4 is 10.5 Å². The second kappa shape index (κ2) is 5.61. The van der Waals surface area contributed by atoms with Crippen molar-refractivity contribution in [2.75, 3.05) is 0 Å². The number of hydrogen-bond acceptors (Lipinski definition) is 4. The summed E-state index contributed by atoms with van der Waals surface area (Å²) in [5.41, 5.74) is 7.00. The van der Waals surface area contributed by atoms with E-state index in [1.807, 2.05) is 6.92 Å². The van der Waals surface area contributed by atoms with Crippen molar-refractivity contribution in [3.05, 3.63) is 17.5 Å². The van der Waals surface area contributed by atoms with Crippen molar-refractivity contribution in [2.45, 2.75) is 45.6 Å². The Bertz CT molecular complexity index is 450. The molecule has 98 valence electrons. The van der Waals surface area contributed by atoms with Crippen LogP contribution in [0, 0.1) is 12.8 Å². The Hall–Kier alpha value is -1.23. The number of ether oxygens (including phenoxy) is 1. The van der Waals surface area contributed by atoms with E-state index in [-0.39, 0.29) is 11.1 Å². The number of rotatable bonds is 3. The van der Waals surface area contributed by atoms with Crippen molar-refractivity contribution >= 4 is 17.2 Å². The summed E-state index contributed by atoms with van der Waals surface area (Å²) >= 11 is 4.94. The van der Waals surface area contributed by atoms with E-state index in [2.05, 4.69) is 16.9 Å². The molecule has 1 fully saturated rings. The monoisotopic (exact) mass is 265 g/mol. The molecule has 1 aliphatic rings. The minimum absolute atomic E-state index is 0.217. The number of hydrogen-bond donors (Lipinski definition) is 1. The Balaban J connectivity index is 2.10. The summed E-state index contributed by atoms with van der Waals surface area (Å²) in [7, 11) is 0. The third kappa shape index (κ3) is 3.38. The van der Waals surface area contributed by atoms with E-state index in [0.29, 0.717) is 17.6 Å². The standard InChI is InChI=1S/C13H19N3OS/c1-8-4-3-5-10(6-8)17-13-15-9(2)7-11(16-13)12(14)18/h7-8,10H,3-6H2,1-2H3,(H2,14,18). The molecule has 2 N–H and O–H groups in total. The van der Waals surface area contributed by atoms with Crippen LogP contribution >= 0.6 is 12.2 Å². The van der Waals surface area contributed by atoms with Gasteiger partial charge < -0.3 is 10.5 Å². The molecular weight excluding hydrogens is 246 g/mol. The van der Waals surface area contributed by atoms with Gasteiger partial charge in [-0.25, -0.2) is 4.98 Å². The largest absolute Gasteiger partial charge is 0.460 e. The van der Waals surface area contributed by atoms with Crippen molar-refractivity contribution < 1.29 is 4.74 Å². The van der Waals surface area contributed by atoms with Crippen LogP contribution in [0.25, 0.3) is 0 Å². The first kappa shape index (κ1) is 13.2. The molecular formula is C13H19N3OS. The number of thiocarbonyl (C=S) groups is 1. The number of aromatic nitrogens is 2. The van der Waals surface area contributed by atoms with Gasteiger partial charge in [0, 0.05) is 5.69 Å². The lowest BCUT2D eigenvalue weighted by Crippen LogP contribution is -2.25. The first-order valence-electron chi connectivity index (χ1n) is 6.36. The molecule has 1 aromatic heterocycles. The highest BCUT2D eigenvalue weighted by atomic mass is 32.1. The quantitative estimate of drug-likeness (QED) is 0.850. The summed E-state index contributed by atoms with van der Waals surface area (Å²) in [5.74, 6) is 0.712. The predicted molar refractivity (Wildman–Crippen MR) is 74.7 cm³/mol. The first-order valence-corrected chi connectivity index (χ1v) is 6.77. The smallest absolute Gasteiger partial charge is 0.317 e. The molecule has 4 nitrogen and oxygen atoms in total. The molecule has 0 aliphatic heterocycles. The lowest BCUT2D eigenvalue weighted by Gasteiger charge is -2.26. The summed E-state index contributed by atoms with van der Waals surface area (Å²) in [5, 5.41) is 0. The zero-order valence-corrected chi connectivity index (χ0v) is 11.7. The van der Waals surface area contributed by atoms with Gasteiger partial charge in [-0.3, -0.25) is 0 Å². The average molecular weight is 265 g/mol. The summed E-state index contributed by atoms with van der Waals surface area (Å²) in [6.07, 6.45) is 4.85. The molecule has 1 saturated carbocycles. The minimum Gasteiger partial charge on any atom is -0.460 e. The van der Waals surface area contributed by atoms with Crippen LogP contribution in [-0.2, 0) is 0 Å². The second-order valence-electron chi connectivity index (χ2n) is 5.05. The fourth-order valence-corrected chi connectivity index (χ4v) is 2.46. The van der Waals surface area contributed by atoms with Gasteiger partial charge >= 0.3 is 6.01 Å². The zero-order valence-electron chi connectivity index (χ0n) is 10.8. The molecule has 0 radical (unpaired) electrons. The van der Waals surface area contributed by atoms with Gasteiger partial charge in [0.05, 0.1) is 0 Å². The summed E-state index contributed by atoms with van der Waals surface area (Å²) < 4.78 is 5.86. The van der Waals surface area contributed by atoms with Crippen LogP contribution in [-0.4, -0.2) is 21.1 Å². The van der Waals surface area contributed by atoms with E-state index in [9.17, 15) is 0 Å². The van der Waals surface area contributed by atoms with Gasteiger partial charge in [0.2, 0.25) is 0 Å². The molecule has 0 bridgehead atoms. The highest BCUT2D eigenvalue weighted by Gasteiger charge is 2.21. The fourth-order valence-electron chi connectivity index (χ4n) is 2.35. The van der Waals surface area contributed by atoms with Gasteiger partial charge in [-0.1, -0.05) is 25.6 Å². The molecule has 5 heteroatoms. The maximum Gasteiger partial charge on any atom is 0.317 e. The molecule has 1 aromatic rings. The third-order valence-corrected chi connectivity index (χ3v) is 3.46. The molecule has 2 unspecified atom stereocenters. The van der Waals surface area contributed by atoms with Gasteiger partial charge in [0.25, 0.3) is 0 Å². The lowest BCUT2D eigenvalue weighted by molar-refractivity contribution is 0.118. The number of aryl methyl sites for hydroxylation is 1. The lowest BCUT2D eigenvalue weighted by atomic mass is 9.89. The van der Waals surface area contributed by atoms with Crippen molar-refractivity contribution in [3.63, 3.8) is 0 Å². The van der Waals surface area contributed by atoms with E-state index < -0.39 is 0 Å². The van der Waals surface area contributed by atoms with E-state index in [1.54, 1.807) is 6.07 Å². The molecule has 0 amide bonds. The summed E-state index contributed by atoms with van der Waals surface area (Å²) in [4.78, 5) is 8.82. The van der Waals surface area contributed by atoms with Crippen molar-refractivity contribution in [2.24, 2.45) is 11.7 Å². The molecule has 18 heavy (non-hydrogen) atoms. The van der Waals surface area contributed by atoms with Gasteiger partial charge in [-0.15, -0.1) is 0 Å². The SMILES string of the molecule is Cc1cc(C(N)=S)nc(OC2CCCC(C)C2)n1. The maximum atomic E-state index is 5.86. The van der Waals surface area contributed by atoms with Gasteiger partial charge in [0.1, 0.15) is 16.8 Å². The Labute approximate surface area is 113 Å². The Morgan fingerprint density at radius 2 is 2.22 bits per heavy atom. The van der Waals surface area contributed by atoms with Crippen LogP contribution in [0.3, 0.4) is 0 Å². The molecule has 0 aromatic carbocycles.